The van der Waals surface area contributed by atoms with Crippen molar-refractivity contribution < 1.29 is 9.53 Å². The number of fused-ring (bicyclic) bond motifs is 1. The predicted molar refractivity (Wildman–Crippen MR) is 80.0 cm³/mol. The smallest absolute Gasteiger partial charge is 0.163 e. The summed E-state index contributed by atoms with van der Waals surface area (Å²) in [6.07, 6.45) is 4.30. The molecule has 0 atom stereocenters. The number of Topliss-reactive ketones (excluding diaryl/α,β-unsaturated/α-hetero) is 1. The van der Waals surface area contributed by atoms with Crippen LogP contribution in [-0.2, 0) is 13.0 Å². The lowest BCUT2D eigenvalue weighted by Gasteiger charge is -2.15. The summed E-state index contributed by atoms with van der Waals surface area (Å²) in [6, 6.07) is 9.58. The molecule has 0 bridgehead atoms. The zero-order chi connectivity index (χ0) is 13.9. The van der Waals surface area contributed by atoms with Crippen LogP contribution in [0, 0.1) is 0 Å². The summed E-state index contributed by atoms with van der Waals surface area (Å²) in [6.45, 7) is 0.431. The minimum Gasteiger partial charge on any atom is -0.487 e. The monoisotopic (exact) mass is 331 g/mol. The van der Waals surface area contributed by atoms with Crippen LogP contribution in [0.25, 0.3) is 0 Å². The lowest BCUT2D eigenvalue weighted by molar-refractivity contribution is 0.0972. The zero-order valence-corrected chi connectivity index (χ0v) is 12.5. The molecule has 0 saturated carbocycles. The van der Waals surface area contributed by atoms with Crippen LogP contribution in [0.3, 0.4) is 0 Å². The number of nitrogens with zero attached hydrogens (tertiary/aromatic N) is 1. The van der Waals surface area contributed by atoms with E-state index in [4.69, 9.17) is 4.74 Å². The number of aromatic nitrogens is 1. The summed E-state index contributed by atoms with van der Waals surface area (Å²) in [7, 11) is 0. The van der Waals surface area contributed by atoms with Gasteiger partial charge in [-0.15, -0.1) is 0 Å². The molecule has 102 valence electrons. The average Bonchev–Trinajstić information content (AvgIpc) is 2.47. The van der Waals surface area contributed by atoms with Crippen molar-refractivity contribution in [2.75, 3.05) is 0 Å². The van der Waals surface area contributed by atoms with Gasteiger partial charge in [0.2, 0.25) is 0 Å². The maximum absolute atomic E-state index is 11.8. The van der Waals surface area contributed by atoms with Gasteiger partial charge in [0.1, 0.15) is 12.4 Å². The van der Waals surface area contributed by atoms with Crippen molar-refractivity contribution in [2.24, 2.45) is 0 Å². The number of aryl methyl sites for hydroxylation is 1. The Hall–Kier alpha value is -1.68. The molecule has 1 aliphatic carbocycles. The van der Waals surface area contributed by atoms with Crippen LogP contribution < -0.4 is 4.74 Å². The predicted octanol–water partition coefficient (Wildman–Crippen LogP) is 3.94. The highest BCUT2D eigenvalue weighted by Crippen LogP contribution is 2.25. The van der Waals surface area contributed by atoms with Crippen molar-refractivity contribution in [3.8, 4) is 5.75 Å². The van der Waals surface area contributed by atoms with E-state index in [1.807, 2.05) is 30.3 Å². The van der Waals surface area contributed by atoms with E-state index < -0.39 is 0 Å². The maximum Gasteiger partial charge on any atom is 0.163 e. The zero-order valence-electron chi connectivity index (χ0n) is 10.9. The van der Waals surface area contributed by atoms with E-state index in [9.17, 15) is 4.79 Å². The first-order valence-electron chi connectivity index (χ1n) is 6.62. The first kappa shape index (κ1) is 13.3. The van der Waals surface area contributed by atoms with E-state index >= 15 is 0 Å². The minimum atomic E-state index is 0.243. The first-order chi connectivity index (χ1) is 9.72. The fourth-order valence-corrected chi connectivity index (χ4v) is 2.60. The highest BCUT2D eigenvalue weighted by Gasteiger charge is 2.17. The minimum absolute atomic E-state index is 0.243. The van der Waals surface area contributed by atoms with E-state index in [2.05, 4.69) is 20.9 Å². The van der Waals surface area contributed by atoms with E-state index in [1.54, 1.807) is 6.20 Å². The molecule has 4 heteroatoms. The Balaban J connectivity index is 1.72. The number of rotatable bonds is 3. The molecule has 0 aliphatic heterocycles. The van der Waals surface area contributed by atoms with Crippen LogP contribution in [0.1, 0.15) is 34.5 Å². The molecule has 3 rings (SSSR count). The summed E-state index contributed by atoms with van der Waals surface area (Å²) in [5.41, 5.74) is 2.83. The molecule has 1 aromatic heterocycles. The Kier molecular flexibility index (Phi) is 3.83. The number of ether oxygens (including phenoxy) is 1. The quantitative estimate of drug-likeness (QED) is 0.855. The molecule has 1 aliphatic rings. The summed E-state index contributed by atoms with van der Waals surface area (Å²) in [5, 5.41) is 0. The molecular weight excluding hydrogens is 318 g/mol. The molecule has 0 spiro atoms. The van der Waals surface area contributed by atoms with Crippen molar-refractivity contribution in [1.29, 1.82) is 0 Å². The molecule has 0 amide bonds. The number of hydrogen-bond acceptors (Lipinski definition) is 3. The Morgan fingerprint density at radius 3 is 2.90 bits per heavy atom. The first-order valence-corrected chi connectivity index (χ1v) is 7.41. The third-order valence-corrected chi connectivity index (χ3v) is 3.87. The van der Waals surface area contributed by atoms with Gasteiger partial charge in [-0.2, -0.15) is 0 Å². The van der Waals surface area contributed by atoms with Crippen molar-refractivity contribution in [3.05, 3.63) is 57.8 Å². The van der Waals surface area contributed by atoms with Gasteiger partial charge in [-0.3, -0.25) is 9.78 Å². The number of ketones is 1. The summed E-state index contributed by atoms with van der Waals surface area (Å²) < 4.78 is 6.70. The van der Waals surface area contributed by atoms with Gasteiger partial charge in [0.05, 0.1) is 5.69 Å². The van der Waals surface area contributed by atoms with Gasteiger partial charge in [-0.25, -0.2) is 0 Å². The van der Waals surface area contributed by atoms with Gasteiger partial charge in [0.15, 0.2) is 5.78 Å². The van der Waals surface area contributed by atoms with E-state index in [0.29, 0.717) is 13.0 Å². The highest BCUT2D eigenvalue weighted by atomic mass is 79.9. The van der Waals surface area contributed by atoms with Crippen LogP contribution in [0.15, 0.2) is 41.0 Å². The molecule has 0 radical (unpaired) electrons. The number of halogens is 1. The molecule has 20 heavy (non-hydrogen) atoms. The molecule has 2 aromatic rings. The van der Waals surface area contributed by atoms with Crippen LogP contribution in [0.5, 0.6) is 5.75 Å². The molecular formula is C16H14BrNO2. The van der Waals surface area contributed by atoms with Gasteiger partial charge in [-0.05, 0) is 64.7 Å². The Morgan fingerprint density at radius 1 is 1.20 bits per heavy atom. The van der Waals surface area contributed by atoms with Crippen molar-refractivity contribution in [3.63, 3.8) is 0 Å². The topological polar surface area (TPSA) is 39.2 Å². The molecule has 3 nitrogen and oxygen atoms in total. The fourth-order valence-electron chi connectivity index (χ4n) is 2.36. The second kappa shape index (κ2) is 5.75. The number of hydrogen-bond donors (Lipinski definition) is 0. The van der Waals surface area contributed by atoms with Gasteiger partial charge >= 0.3 is 0 Å². The SMILES string of the molecule is O=C1CCCc2cc(OCc3ccc(Br)cn3)ccc21. The average molecular weight is 332 g/mol. The van der Waals surface area contributed by atoms with Crippen molar-refractivity contribution >= 4 is 21.7 Å². The third-order valence-electron chi connectivity index (χ3n) is 3.40. The van der Waals surface area contributed by atoms with Crippen molar-refractivity contribution in [2.45, 2.75) is 25.9 Å². The summed E-state index contributed by atoms with van der Waals surface area (Å²) >= 11 is 3.35. The fraction of sp³-hybridized carbons (Fsp3) is 0.250. The lowest BCUT2D eigenvalue weighted by Crippen LogP contribution is -2.10. The second-order valence-corrected chi connectivity index (χ2v) is 5.77. The molecule has 0 fully saturated rings. The Morgan fingerprint density at radius 2 is 2.10 bits per heavy atom. The largest absolute Gasteiger partial charge is 0.487 e. The molecule has 0 saturated heterocycles. The molecule has 1 heterocycles. The Labute approximate surface area is 126 Å². The van der Waals surface area contributed by atoms with E-state index in [1.165, 1.54) is 0 Å². The van der Waals surface area contributed by atoms with Gasteiger partial charge in [0.25, 0.3) is 0 Å². The number of carbonyl (C=O) groups is 1. The summed E-state index contributed by atoms with van der Waals surface area (Å²) in [5.74, 6) is 1.04. The van der Waals surface area contributed by atoms with Crippen LogP contribution in [0.2, 0.25) is 0 Å². The van der Waals surface area contributed by atoms with Gasteiger partial charge in [-0.1, -0.05) is 0 Å². The van der Waals surface area contributed by atoms with Crippen LogP contribution >= 0.6 is 15.9 Å². The number of pyridine rings is 1. The van der Waals surface area contributed by atoms with E-state index in [-0.39, 0.29) is 5.78 Å². The number of carbonyl (C=O) groups excluding carboxylic acids is 1. The highest BCUT2D eigenvalue weighted by molar-refractivity contribution is 9.10. The van der Waals surface area contributed by atoms with Gasteiger partial charge in [0, 0.05) is 22.7 Å². The third kappa shape index (κ3) is 2.90. The second-order valence-electron chi connectivity index (χ2n) is 4.85. The normalized spacial score (nSPS) is 13.9. The lowest BCUT2D eigenvalue weighted by atomic mass is 9.90. The van der Waals surface area contributed by atoms with Gasteiger partial charge < -0.3 is 4.74 Å². The Bertz CT molecular complexity index is 637. The standard InChI is InChI=1S/C16H14BrNO2/c17-12-4-5-13(18-9-12)10-20-14-6-7-15-11(8-14)2-1-3-16(15)19/h4-9H,1-3,10H2. The molecule has 1 aromatic carbocycles. The molecule has 0 unspecified atom stereocenters. The molecule has 0 N–H and O–H groups in total. The summed E-state index contributed by atoms with van der Waals surface area (Å²) in [4.78, 5) is 16.0. The van der Waals surface area contributed by atoms with Crippen LogP contribution in [0.4, 0.5) is 0 Å². The number of benzene rings is 1. The van der Waals surface area contributed by atoms with E-state index in [0.717, 1.165) is 39.9 Å². The van der Waals surface area contributed by atoms with Crippen LogP contribution in [-0.4, -0.2) is 10.8 Å². The van der Waals surface area contributed by atoms with Crippen molar-refractivity contribution in [1.82, 2.24) is 4.98 Å². The maximum atomic E-state index is 11.8.